The molecule has 1 aromatic heterocycles. The van der Waals surface area contributed by atoms with E-state index in [9.17, 15) is 0 Å². The Morgan fingerprint density at radius 2 is 2.11 bits per heavy atom. The van der Waals surface area contributed by atoms with Crippen LogP contribution in [0.4, 0.5) is 0 Å². The van der Waals surface area contributed by atoms with Gasteiger partial charge in [-0.25, -0.2) is 0 Å². The minimum Gasteiger partial charge on any atom is -0.319 e. The van der Waals surface area contributed by atoms with Crippen molar-refractivity contribution in [2.45, 2.75) is 31.2 Å². The molecule has 3 rings (SSSR count). The van der Waals surface area contributed by atoms with Gasteiger partial charge in [-0.3, -0.25) is 9.97 Å². The highest BCUT2D eigenvalue weighted by molar-refractivity contribution is 5.32. The van der Waals surface area contributed by atoms with Crippen LogP contribution in [0.5, 0.6) is 0 Å². The van der Waals surface area contributed by atoms with Gasteiger partial charge in [0.05, 0.1) is 17.9 Å². The summed E-state index contributed by atoms with van der Waals surface area (Å²) in [7, 11) is 0. The molecule has 1 saturated carbocycles. The first kappa shape index (κ1) is 11.4. The van der Waals surface area contributed by atoms with Crippen LogP contribution >= 0.6 is 0 Å². The average Bonchev–Trinajstić information content (AvgIpc) is 2.37. The van der Waals surface area contributed by atoms with Gasteiger partial charge in [-0.1, -0.05) is 30.7 Å². The van der Waals surface area contributed by atoms with Crippen LogP contribution in [-0.2, 0) is 0 Å². The molecular weight excluding hydrogens is 222 g/mol. The summed E-state index contributed by atoms with van der Waals surface area (Å²) in [5, 5.41) is 0. The van der Waals surface area contributed by atoms with Crippen molar-refractivity contribution in [2.24, 2.45) is 5.73 Å². The maximum atomic E-state index is 6.24. The molecule has 18 heavy (non-hydrogen) atoms. The zero-order chi connectivity index (χ0) is 12.4. The molecule has 1 fully saturated rings. The molecule has 2 N–H and O–H groups in total. The lowest BCUT2D eigenvalue weighted by atomic mass is 9.79. The lowest BCUT2D eigenvalue weighted by Gasteiger charge is -2.26. The number of nitrogens with zero attached hydrogens (tertiary/aromatic N) is 2. The van der Waals surface area contributed by atoms with E-state index in [1.165, 1.54) is 24.8 Å². The second-order valence-corrected chi connectivity index (χ2v) is 4.91. The summed E-state index contributed by atoms with van der Waals surface area (Å²) in [6.07, 6.45) is 9.06. The quantitative estimate of drug-likeness (QED) is 0.896. The van der Waals surface area contributed by atoms with Crippen molar-refractivity contribution in [1.82, 2.24) is 9.97 Å². The monoisotopic (exact) mass is 239 g/mol. The summed E-state index contributed by atoms with van der Waals surface area (Å²) in [5.41, 5.74) is 9.60. The highest BCUT2D eigenvalue weighted by Crippen LogP contribution is 2.37. The average molecular weight is 239 g/mol. The van der Waals surface area contributed by atoms with Gasteiger partial charge in [0.2, 0.25) is 0 Å². The molecule has 92 valence electrons. The maximum absolute atomic E-state index is 6.24. The highest BCUT2D eigenvalue weighted by atomic mass is 14.8. The molecule has 3 heteroatoms. The normalized spacial score (nSPS) is 17.2. The zero-order valence-corrected chi connectivity index (χ0v) is 10.3. The van der Waals surface area contributed by atoms with Gasteiger partial charge in [-0.05, 0) is 29.9 Å². The fourth-order valence-electron chi connectivity index (χ4n) is 2.39. The van der Waals surface area contributed by atoms with Gasteiger partial charge in [-0.2, -0.15) is 0 Å². The van der Waals surface area contributed by atoms with Gasteiger partial charge in [0.25, 0.3) is 0 Å². The Morgan fingerprint density at radius 1 is 1.22 bits per heavy atom. The van der Waals surface area contributed by atoms with E-state index in [2.05, 4.69) is 34.2 Å². The third-order valence-electron chi connectivity index (χ3n) is 3.75. The third kappa shape index (κ3) is 2.14. The van der Waals surface area contributed by atoms with E-state index in [4.69, 9.17) is 5.73 Å². The number of rotatable bonds is 3. The maximum Gasteiger partial charge on any atom is 0.0799 e. The summed E-state index contributed by atoms with van der Waals surface area (Å²) >= 11 is 0. The molecule has 0 aliphatic heterocycles. The molecule has 1 aromatic carbocycles. The summed E-state index contributed by atoms with van der Waals surface area (Å²) in [6.45, 7) is 0. The predicted molar refractivity (Wildman–Crippen MR) is 71.1 cm³/mol. The number of benzene rings is 1. The molecule has 1 unspecified atom stereocenters. The fraction of sp³-hybridized carbons (Fsp3) is 0.333. The molecule has 1 heterocycles. The summed E-state index contributed by atoms with van der Waals surface area (Å²) in [5.74, 6) is 0.735. The van der Waals surface area contributed by atoms with Crippen molar-refractivity contribution >= 4 is 0 Å². The number of hydrogen-bond acceptors (Lipinski definition) is 3. The van der Waals surface area contributed by atoms with Gasteiger partial charge < -0.3 is 5.73 Å². The van der Waals surface area contributed by atoms with E-state index in [-0.39, 0.29) is 6.04 Å². The van der Waals surface area contributed by atoms with E-state index in [1.54, 1.807) is 18.6 Å². The van der Waals surface area contributed by atoms with Gasteiger partial charge in [0.15, 0.2) is 0 Å². The van der Waals surface area contributed by atoms with Crippen LogP contribution in [0.15, 0.2) is 42.9 Å². The van der Waals surface area contributed by atoms with Gasteiger partial charge in [-0.15, -0.1) is 0 Å². The van der Waals surface area contributed by atoms with Crippen LogP contribution in [0.2, 0.25) is 0 Å². The minimum atomic E-state index is -0.182. The molecule has 1 atom stereocenters. The van der Waals surface area contributed by atoms with Crippen molar-refractivity contribution in [3.8, 4) is 0 Å². The van der Waals surface area contributed by atoms with Crippen LogP contribution in [0.25, 0.3) is 0 Å². The van der Waals surface area contributed by atoms with Gasteiger partial charge >= 0.3 is 0 Å². The lowest BCUT2D eigenvalue weighted by Crippen LogP contribution is -2.15. The molecule has 1 aliphatic rings. The van der Waals surface area contributed by atoms with E-state index < -0.39 is 0 Å². The standard InChI is InChI=1S/C15H17N3/c16-15(14-10-17-7-8-18-14)13-6-2-5-12(9-13)11-3-1-4-11/h2,5-11,15H,1,3-4,16H2. The highest BCUT2D eigenvalue weighted by Gasteiger charge is 2.20. The first-order valence-corrected chi connectivity index (χ1v) is 6.46. The molecular formula is C15H17N3. The molecule has 0 radical (unpaired) electrons. The van der Waals surface area contributed by atoms with E-state index in [0.717, 1.165) is 17.2 Å². The van der Waals surface area contributed by atoms with Gasteiger partial charge in [0, 0.05) is 12.4 Å². The molecule has 0 spiro atoms. The second kappa shape index (κ2) is 4.86. The number of hydrogen-bond donors (Lipinski definition) is 1. The Morgan fingerprint density at radius 3 is 2.78 bits per heavy atom. The van der Waals surface area contributed by atoms with Crippen LogP contribution in [-0.4, -0.2) is 9.97 Å². The molecule has 2 aromatic rings. The third-order valence-corrected chi connectivity index (χ3v) is 3.75. The number of aromatic nitrogens is 2. The molecule has 0 saturated heterocycles. The molecule has 0 bridgehead atoms. The first-order chi connectivity index (χ1) is 8.84. The smallest absolute Gasteiger partial charge is 0.0799 e. The second-order valence-electron chi connectivity index (χ2n) is 4.91. The van der Waals surface area contributed by atoms with E-state index >= 15 is 0 Å². The Balaban J connectivity index is 1.87. The van der Waals surface area contributed by atoms with Crippen LogP contribution in [0.1, 0.15) is 48.0 Å². The van der Waals surface area contributed by atoms with E-state index in [0.29, 0.717) is 0 Å². The van der Waals surface area contributed by atoms with Crippen molar-refractivity contribution in [3.05, 3.63) is 59.7 Å². The topological polar surface area (TPSA) is 51.8 Å². The van der Waals surface area contributed by atoms with Crippen LogP contribution < -0.4 is 5.73 Å². The first-order valence-electron chi connectivity index (χ1n) is 6.46. The largest absolute Gasteiger partial charge is 0.319 e. The summed E-state index contributed by atoms with van der Waals surface area (Å²) in [6, 6.07) is 8.42. The molecule has 0 amide bonds. The Labute approximate surface area is 107 Å². The Bertz CT molecular complexity index is 520. The van der Waals surface area contributed by atoms with Crippen molar-refractivity contribution in [3.63, 3.8) is 0 Å². The Hall–Kier alpha value is -1.74. The summed E-state index contributed by atoms with van der Waals surface area (Å²) in [4.78, 5) is 8.35. The van der Waals surface area contributed by atoms with E-state index in [1.807, 2.05) is 0 Å². The van der Waals surface area contributed by atoms with Gasteiger partial charge in [0.1, 0.15) is 0 Å². The van der Waals surface area contributed by atoms with Crippen molar-refractivity contribution in [1.29, 1.82) is 0 Å². The fourth-order valence-corrected chi connectivity index (χ4v) is 2.39. The molecule has 3 nitrogen and oxygen atoms in total. The van der Waals surface area contributed by atoms with Crippen molar-refractivity contribution in [2.75, 3.05) is 0 Å². The van der Waals surface area contributed by atoms with Crippen LogP contribution in [0.3, 0.4) is 0 Å². The zero-order valence-electron chi connectivity index (χ0n) is 10.3. The summed E-state index contributed by atoms with van der Waals surface area (Å²) < 4.78 is 0. The lowest BCUT2D eigenvalue weighted by molar-refractivity contribution is 0.419. The van der Waals surface area contributed by atoms with Crippen molar-refractivity contribution < 1.29 is 0 Å². The SMILES string of the molecule is NC(c1cccc(C2CCC2)c1)c1cnccn1. The predicted octanol–water partition coefficient (Wildman–Crippen LogP) is 2.79. The number of nitrogens with two attached hydrogens (primary N) is 1. The molecule has 1 aliphatic carbocycles. The van der Waals surface area contributed by atoms with Crippen LogP contribution in [0, 0.1) is 0 Å². The Kier molecular flexibility index (Phi) is 3.07. The minimum absolute atomic E-state index is 0.182.